The van der Waals surface area contributed by atoms with Crippen LogP contribution in [0.2, 0.25) is 0 Å². The van der Waals surface area contributed by atoms with Gasteiger partial charge in [0.25, 0.3) is 5.91 Å². The fourth-order valence-corrected chi connectivity index (χ4v) is 5.28. The highest BCUT2D eigenvalue weighted by atomic mass is 32.2. The van der Waals surface area contributed by atoms with Gasteiger partial charge in [-0.25, -0.2) is 8.78 Å². The van der Waals surface area contributed by atoms with Crippen LogP contribution in [0.25, 0.3) is 22.2 Å². The number of carbonyl (C=O) groups excluding carboxylic acids is 1. The topological polar surface area (TPSA) is 46.3 Å². The summed E-state index contributed by atoms with van der Waals surface area (Å²) in [7, 11) is 0. The SMILES string of the molecule is O=C(c1ccc2noc(-c3ccccc3)c2c1)N1CCSC(c2cc(F)ccc2F)CC1. The van der Waals surface area contributed by atoms with Crippen molar-refractivity contribution in [1.29, 1.82) is 0 Å². The summed E-state index contributed by atoms with van der Waals surface area (Å²) in [6.07, 6.45) is 0.557. The van der Waals surface area contributed by atoms with E-state index in [0.717, 1.165) is 23.1 Å². The normalized spacial score (nSPS) is 16.8. The highest BCUT2D eigenvalue weighted by Gasteiger charge is 2.25. The van der Waals surface area contributed by atoms with Gasteiger partial charge in [-0.15, -0.1) is 0 Å². The Morgan fingerprint density at radius 1 is 1.03 bits per heavy atom. The standard InChI is InChI=1S/C25H20F2N2O2S/c26-18-7-8-21(27)19(15-18)23-10-11-29(12-13-32-23)25(30)17-6-9-22-20(14-17)24(31-28-22)16-4-2-1-3-5-16/h1-9,14-15,23H,10-13H2. The molecule has 1 saturated heterocycles. The molecule has 0 radical (unpaired) electrons. The quantitative estimate of drug-likeness (QED) is 0.379. The van der Waals surface area contributed by atoms with Gasteiger partial charge in [0.05, 0.1) is 5.39 Å². The summed E-state index contributed by atoms with van der Waals surface area (Å²) >= 11 is 1.55. The van der Waals surface area contributed by atoms with Crippen LogP contribution in [0.1, 0.15) is 27.6 Å². The number of thioether (sulfide) groups is 1. The molecule has 0 aliphatic carbocycles. The fourth-order valence-electron chi connectivity index (χ4n) is 4.04. The van der Waals surface area contributed by atoms with E-state index >= 15 is 0 Å². The molecule has 0 bridgehead atoms. The van der Waals surface area contributed by atoms with Crippen LogP contribution in [-0.4, -0.2) is 34.8 Å². The van der Waals surface area contributed by atoms with E-state index in [1.54, 1.807) is 28.8 Å². The first kappa shape index (κ1) is 20.7. The second-order valence-corrected chi connectivity index (χ2v) is 9.03. The van der Waals surface area contributed by atoms with Crippen molar-refractivity contribution in [2.24, 2.45) is 0 Å². The zero-order valence-electron chi connectivity index (χ0n) is 17.1. The van der Waals surface area contributed by atoms with Crippen molar-refractivity contribution in [2.75, 3.05) is 18.8 Å². The summed E-state index contributed by atoms with van der Waals surface area (Å²) in [5.41, 5.74) is 2.50. The third kappa shape index (κ3) is 4.00. The lowest BCUT2D eigenvalue weighted by molar-refractivity contribution is 0.0766. The summed E-state index contributed by atoms with van der Waals surface area (Å²) in [5, 5.41) is 4.71. The van der Waals surface area contributed by atoms with E-state index in [1.165, 1.54) is 6.07 Å². The smallest absolute Gasteiger partial charge is 0.253 e. The molecule has 1 aliphatic heterocycles. The Kier molecular flexibility index (Phi) is 5.66. The number of hydrogen-bond donors (Lipinski definition) is 0. The van der Waals surface area contributed by atoms with Gasteiger partial charge >= 0.3 is 0 Å². The maximum Gasteiger partial charge on any atom is 0.253 e. The Balaban J connectivity index is 1.38. The molecule has 4 aromatic rings. The molecule has 5 rings (SSSR count). The molecule has 0 spiro atoms. The third-order valence-corrected chi connectivity index (χ3v) is 7.00. The molecule has 1 fully saturated rings. The van der Waals surface area contributed by atoms with Crippen molar-refractivity contribution < 1.29 is 18.1 Å². The molecule has 7 heteroatoms. The van der Waals surface area contributed by atoms with Crippen molar-refractivity contribution >= 4 is 28.6 Å². The second-order valence-electron chi connectivity index (χ2n) is 7.72. The zero-order valence-corrected chi connectivity index (χ0v) is 17.9. The number of rotatable bonds is 3. The number of aromatic nitrogens is 1. The van der Waals surface area contributed by atoms with Crippen molar-refractivity contribution in [1.82, 2.24) is 10.1 Å². The van der Waals surface area contributed by atoms with Gasteiger partial charge in [0.15, 0.2) is 5.76 Å². The average molecular weight is 451 g/mol. The minimum Gasteiger partial charge on any atom is -0.355 e. The van der Waals surface area contributed by atoms with E-state index in [0.29, 0.717) is 47.7 Å². The Hall–Kier alpha value is -3.19. The lowest BCUT2D eigenvalue weighted by Gasteiger charge is -2.20. The number of fused-ring (bicyclic) bond motifs is 1. The minimum atomic E-state index is -0.449. The molecule has 1 atom stereocenters. The highest BCUT2D eigenvalue weighted by Crippen LogP contribution is 2.36. The third-order valence-electron chi connectivity index (χ3n) is 5.69. The van der Waals surface area contributed by atoms with Crippen LogP contribution in [-0.2, 0) is 0 Å². The molecule has 4 nitrogen and oxygen atoms in total. The largest absolute Gasteiger partial charge is 0.355 e. The van der Waals surface area contributed by atoms with Crippen molar-refractivity contribution in [3.05, 3.63) is 89.5 Å². The summed E-state index contributed by atoms with van der Waals surface area (Å²) in [6, 6.07) is 18.6. The van der Waals surface area contributed by atoms with Crippen LogP contribution in [0.5, 0.6) is 0 Å². The average Bonchev–Trinajstić information content (AvgIpc) is 3.09. The van der Waals surface area contributed by atoms with Crippen LogP contribution < -0.4 is 0 Å². The number of halogens is 2. The maximum absolute atomic E-state index is 14.2. The van der Waals surface area contributed by atoms with E-state index in [1.807, 2.05) is 36.4 Å². The monoisotopic (exact) mass is 450 g/mol. The first-order chi connectivity index (χ1) is 15.6. The van der Waals surface area contributed by atoms with Gasteiger partial charge in [-0.1, -0.05) is 35.5 Å². The van der Waals surface area contributed by atoms with Gasteiger partial charge in [-0.3, -0.25) is 4.79 Å². The van der Waals surface area contributed by atoms with Crippen molar-refractivity contribution in [3.63, 3.8) is 0 Å². The van der Waals surface area contributed by atoms with Gasteiger partial charge in [0.2, 0.25) is 0 Å². The highest BCUT2D eigenvalue weighted by molar-refractivity contribution is 7.99. The van der Waals surface area contributed by atoms with Gasteiger partial charge in [-0.05, 0) is 42.8 Å². The molecule has 2 heterocycles. The Bertz CT molecular complexity index is 1280. The Morgan fingerprint density at radius 2 is 1.88 bits per heavy atom. The number of hydrogen-bond acceptors (Lipinski definition) is 4. The molecule has 0 saturated carbocycles. The van der Waals surface area contributed by atoms with Crippen LogP contribution in [0, 0.1) is 11.6 Å². The van der Waals surface area contributed by atoms with Gasteiger partial charge in [-0.2, -0.15) is 11.8 Å². The van der Waals surface area contributed by atoms with Crippen LogP contribution in [0.3, 0.4) is 0 Å². The van der Waals surface area contributed by atoms with Crippen LogP contribution >= 0.6 is 11.8 Å². The minimum absolute atomic E-state index is 0.0897. The van der Waals surface area contributed by atoms with Crippen molar-refractivity contribution in [3.8, 4) is 11.3 Å². The predicted octanol–water partition coefficient (Wildman–Crippen LogP) is 6.09. The molecule has 3 aromatic carbocycles. The number of carbonyl (C=O) groups is 1. The summed E-state index contributed by atoms with van der Waals surface area (Å²) in [4.78, 5) is 15.0. The first-order valence-corrected chi connectivity index (χ1v) is 11.5. The molecule has 1 amide bonds. The molecular formula is C25H20F2N2O2S. The maximum atomic E-state index is 14.2. The van der Waals surface area contributed by atoms with E-state index in [9.17, 15) is 13.6 Å². The number of benzene rings is 3. The van der Waals surface area contributed by atoms with Gasteiger partial charge < -0.3 is 9.42 Å². The molecule has 1 aromatic heterocycles. The number of amides is 1. The summed E-state index contributed by atoms with van der Waals surface area (Å²) < 4.78 is 33.4. The summed E-state index contributed by atoms with van der Waals surface area (Å²) in [6.45, 7) is 1.02. The predicted molar refractivity (Wildman–Crippen MR) is 122 cm³/mol. The molecular weight excluding hydrogens is 430 g/mol. The summed E-state index contributed by atoms with van der Waals surface area (Å²) in [5.74, 6) is 0.332. The van der Waals surface area contributed by atoms with E-state index in [4.69, 9.17) is 4.52 Å². The first-order valence-electron chi connectivity index (χ1n) is 10.4. The van der Waals surface area contributed by atoms with E-state index < -0.39 is 11.6 Å². The van der Waals surface area contributed by atoms with Gasteiger partial charge in [0, 0.05) is 40.8 Å². The molecule has 0 N–H and O–H groups in total. The van der Waals surface area contributed by atoms with Crippen LogP contribution in [0.15, 0.2) is 71.3 Å². The van der Waals surface area contributed by atoms with Gasteiger partial charge in [0.1, 0.15) is 17.2 Å². The second kappa shape index (κ2) is 8.74. The van der Waals surface area contributed by atoms with Crippen molar-refractivity contribution in [2.45, 2.75) is 11.7 Å². The fraction of sp³-hybridized carbons (Fsp3) is 0.200. The number of nitrogens with zero attached hydrogens (tertiary/aromatic N) is 2. The van der Waals surface area contributed by atoms with Crippen LogP contribution in [0.4, 0.5) is 8.78 Å². The molecule has 32 heavy (non-hydrogen) atoms. The lowest BCUT2D eigenvalue weighted by atomic mass is 10.1. The zero-order chi connectivity index (χ0) is 22.1. The Morgan fingerprint density at radius 3 is 2.72 bits per heavy atom. The molecule has 162 valence electrons. The van der Waals surface area contributed by atoms with E-state index in [2.05, 4.69) is 5.16 Å². The molecule has 1 unspecified atom stereocenters. The van der Waals surface area contributed by atoms with E-state index in [-0.39, 0.29) is 11.2 Å². The molecule has 1 aliphatic rings. The Labute approximate surface area is 188 Å². The lowest BCUT2D eigenvalue weighted by Crippen LogP contribution is -2.32.